The molecule has 2 aromatic rings. The van der Waals surface area contributed by atoms with Gasteiger partial charge in [0, 0.05) is 44.5 Å². The summed E-state index contributed by atoms with van der Waals surface area (Å²) in [5.41, 5.74) is 4.00. The second-order valence-corrected chi connectivity index (χ2v) is 7.35. The predicted molar refractivity (Wildman–Crippen MR) is 109 cm³/mol. The number of carbonyl (C=O) groups is 1. The van der Waals surface area contributed by atoms with Crippen molar-refractivity contribution in [3.8, 4) is 0 Å². The van der Waals surface area contributed by atoms with E-state index >= 15 is 0 Å². The molecule has 27 heavy (non-hydrogen) atoms. The number of nitrogens with zero attached hydrogens (tertiary/aromatic N) is 2. The average Bonchev–Trinajstić information content (AvgIpc) is 3.14. The van der Waals surface area contributed by atoms with Gasteiger partial charge in [-0.2, -0.15) is 0 Å². The van der Waals surface area contributed by atoms with Crippen LogP contribution in [0.5, 0.6) is 0 Å². The van der Waals surface area contributed by atoms with Gasteiger partial charge in [-0.1, -0.05) is 30.3 Å². The van der Waals surface area contributed by atoms with Crippen LogP contribution in [0.4, 0.5) is 5.69 Å². The topological polar surface area (TPSA) is 55.8 Å². The van der Waals surface area contributed by atoms with Crippen LogP contribution in [0.2, 0.25) is 0 Å². The van der Waals surface area contributed by atoms with E-state index in [9.17, 15) is 9.90 Å². The average molecular weight is 367 g/mol. The van der Waals surface area contributed by atoms with Gasteiger partial charge in [0.25, 0.3) is 5.91 Å². The molecule has 0 aromatic heterocycles. The molecular weight excluding hydrogens is 338 g/mol. The number of amides is 1. The van der Waals surface area contributed by atoms with E-state index in [0.717, 1.165) is 37.2 Å². The maximum absolute atomic E-state index is 12.6. The maximum atomic E-state index is 12.6. The summed E-state index contributed by atoms with van der Waals surface area (Å²) in [6.45, 7) is 2.54. The Kier molecular flexibility index (Phi) is 6.48. The SMILES string of the molecule is CN(C)c1cccc(C(=O)NCc2ccccc2CN2CCC[C@H]2CO)c1. The van der Waals surface area contributed by atoms with Gasteiger partial charge in [0.15, 0.2) is 0 Å². The summed E-state index contributed by atoms with van der Waals surface area (Å²) in [5, 5.41) is 12.6. The Hall–Kier alpha value is -2.37. The first kappa shape index (κ1) is 19.4. The van der Waals surface area contributed by atoms with Crippen LogP contribution in [0.3, 0.4) is 0 Å². The number of aliphatic hydroxyl groups is 1. The van der Waals surface area contributed by atoms with Crippen molar-refractivity contribution in [1.82, 2.24) is 10.2 Å². The minimum absolute atomic E-state index is 0.0667. The molecule has 0 radical (unpaired) electrons. The number of rotatable bonds is 7. The highest BCUT2D eigenvalue weighted by molar-refractivity contribution is 5.95. The van der Waals surface area contributed by atoms with Gasteiger partial charge in [-0.15, -0.1) is 0 Å². The quantitative estimate of drug-likeness (QED) is 0.790. The number of aliphatic hydroxyl groups excluding tert-OH is 1. The number of anilines is 1. The summed E-state index contributed by atoms with van der Waals surface area (Å²) < 4.78 is 0. The van der Waals surface area contributed by atoms with E-state index in [2.05, 4.69) is 22.3 Å². The molecule has 5 nitrogen and oxygen atoms in total. The Morgan fingerprint density at radius 1 is 1.19 bits per heavy atom. The number of hydrogen-bond acceptors (Lipinski definition) is 4. The number of likely N-dealkylation sites (tertiary alicyclic amines) is 1. The number of hydrogen-bond donors (Lipinski definition) is 2. The zero-order valence-corrected chi connectivity index (χ0v) is 16.2. The summed E-state index contributed by atoms with van der Waals surface area (Å²) in [4.78, 5) is 16.9. The molecule has 3 rings (SSSR count). The highest BCUT2D eigenvalue weighted by atomic mass is 16.3. The second kappa shape index (κ2) is 9.02. The van der Waals surface area contributed by atoms with Crippen molar-refractivity contribution < 1.29 is 9.90 Å². The zero-order chi connectivity index (χ0) is 19.2. The first-order valence-corrected chi connectivity index (χ1v) is 9.55. The Labute approximate surface area is 161 Å². The lowest BCUT2D eigenvalue weighted by atomic mass is 10.1. The highest BCUT2D eigenvalue weighted by Gasteiger charge is 2.24. The predicted octanol–water partition coefficient (Wildman–Crippen LogP) is 2.64. The largest absolute Gasteiger partial charge is 0.395 e. The molecular formula is C22H29N3O2. The molecule has 2 aromatic carbocycles. The van der Waals surface area contributed by atoms with E-state index in [1.165, 1.54) is 5.56 Å². The first-order valence-electron chi connectivity index (χ1n) is 9.55. The fraction of sp³-hybridized carbons (Fsp3) is 0.409. The van der Waals surface area contributed by atoms with Gasteiger partial charge in [0.1, 0.15) is 0 Å². The molecule has 1 fully saturated rings. The van der Waals surface area contributed by atoms with Crippen molar-refractivity contribution in [2.75, 3.05) is 32.1 Å². The third-order valence-electron chi connectivity index (χ3n) is 5.27. The summed E-state index contributed by atoms with van der Waals surface area (Å²) in [7, 11) is 3.93. The van der Waals surface area contributed by atoms with Crippen LogP contribution < -0.4 is 10.2 Å². The zero-order valence-electron chi connectivity index (χ0n) is 16.2. The van der Waals surface area contributed by atoms with Gasteiger partial charge in [0.05, 0.1) is 6.61 Å². The minimum atomic E-state index is -0.0667. The van der Waals surface area contributed by atoms with Crippen molar-refractivity contribution in [1.29, 1.82) is 0 Å². The number of carbonyl (C=O) groups excluding carboxylic acids is 1. The molecule has 0 spiro atoms. The van der Waals surface area contributed by atoms with E-state index in [0.29, 0.717) is 12.1 Å². The van der Waals surface area contributed by atoms with Crippen LogP contribution in [0.25, 0.3) is 0 Å². The van der Waals surface area contributed by atoms with E-state index in [1.807, 2.05) is 55.4 Å². The lowest BCUT2D eigenvalue weighted by molar-refractivity contribution is 0.0950. The van der Waals surface area contributed by atoms with Crippen molar-refractivity contribution in [2.45, 2.75) is 32.0 Å². The van der Waals surface area contributed by atoms with Crippen molar-refractivity contribution >= 4 is 11.6 Å². The van der Waals surface area contributed by atoms with Crippen molar-refractivity contribution in [3.63, 3.8) is 0 Å². The first-order chi connectivity index (χ1) is 13.1. The van der Waals surface area contributed by atoms with E-state index in [4.69, 9.17) is 0 Å². The molecule has 144 valence electrons. The fourth-order valence-electron chi connectivity index (χ4n) is 3.62. The Morgan fingerprint density at radius 2 is 1.96 bits per heavy atom. The Bertz CT molecular complexity index is 776. The number of nitrogens with one attached hydrogen (secondary N) is 1. The van der Waals surface area contributed by atoms with E-state index in [-0.39, 0.29) is 18.6 Å². The van der Waals surface area contributed by atoms with Gasteiger partial charge in [-0.3, -0.25) is 9.69 Å². The molecule has 0 bridgehead atoms. The third-order valence-corrected chi connectivity index (χ3v) is 5.27. The lowest BCUT2D eigenvalue weighted by Crippen LogP contribution is -2.32. The molecule has 5 heteroatoms. The van der Waals surface area contributed by atoms with E-state index < -0.39 is 0 Å². The summed E-state index contributed by atoms with van der Waals surface area (Å²) in [6, 6.07) is 16.1. The molecule has 1 heterocycles. The summed E-state index contributed by atoms with van der Waals surface area (Å²) in [6.07, 6.45) is 2.18. The van der Waals surface area contributed by atoms with Crippen LogP contribution in [0.1, 0.15) is 34.3 Å². The summed E-state index contributed by atoms with van der Waals surface area (Å²) in [5.74, 6) is -0.0667. The number of benzene rings is 2. The molecule has 0 saturated carbocycles. The smallest absolute Gasteiger partial charge is 0.251 e. The van der Waals surface area contributed by atoms with Crippen LogP contribution >= 0.6 is 0 Å². The van der Waals surface area contributed by atoms with E-state index in [1.54, 1.807) is 0 Å². The normalized spacial score (nSPS) is 17.1. The van der Waals surface area contributed by atoms with Crippen LogP contribution in [-0.2, 0) is 13.1 Å². The molecule has 0 aliphatic carbocycles. The van der Waals surface area contributed by atoms with Crippen molar-refractivity contribution in [3.05, 3.63) is 65.2 Å². The molecule has 2 N–H and O–H groups in total. The van der Waals surface area contributed by atoms with Gasteiger partial charge < -0.3 is 15.3 Å². The third kappa shape index (κ3) is 4.87. The van der Waals surface area contributed by atoms with Gasteiger partial charge in [-0.25, -0.2) is 0 Å². The second-order valence-electron chi connectivity index (χ2n) is 7.35. The molecule has 1 atom stereocenters. The standard InChI is InChI=1S/C22H29N3O2/c1-24(2)20-10-5-9-17(13-20)22(27)23-14-18-7-3-4-8-19(18)15-25-12-6-11-21(25)16-26/h3-5,7-10,13,21,26H,6,11-12,14-16H2,1-2H3,(H,23,27)/t21-/m0/s1. The maximum Gasteiger partial charge on any atom is 0.251 e. The van der Waals surface area contributed by atoms with Crippen LogP contribution in [0, 0.1) is 0 Å². The highest BCUT2D eigenvalue weighted by Crippen LogP contribution is 2.21. The van der Waals surface area contributed by atoms with Gasteiger partial charge in [0.2, 0.25) is 0 Å². The molecule has 1 aliphatic rings. The Morgan fingerprint density at radius 3 is 2.70 bits per heavy atom. The minimum Gasteiger partial charge on any atom is -0.395 e. The molecule has 1 aliphatic heterocycles. The van der Waals surface area contributed by atoms with Crippen LogP contribution in [0.15, 0.2) is 48.5 Å². The fourth-order valence-corrected chi connectivity index (χ4v) is 3.62. The Balaban J connectivity index is 1.66. The molecule has 1 saturated heterocycles. The van der Waals surface area contributed by atoms with Gasteiger partial charge >= 0.3 is 0 Å². The summed E-state index contributed by atoms with van der Waals surface area (Å²) >= 11 is 0. The van der Waals surface area contributed by atoms with Crippen molar-refractivity contribution in [2.24, 2.45) is 0 Å². The monoisotopic (exact) mass is 367 g/mol. The lowest BCUT2D eigenvalue weighted by Gasteiger charge is -2.24. The van der Waals surface area contributed by atoms with Crippen LogP contribution in [-0.4, -0.2) is 49.2 Å². The van der Waals surface area contributed by atoms with Gasteiger partial charge in [-0.05, 0) is 48.7 Å². The molecule has 1 amide bonds. The molecule has 0 unspecified atom stereocenters.